The molecule has 30 heavy (non-hydrogen) atoms. The quantitative estimate of drug-likeness (QED) is 0.712. The molecule has 5 nitrogen and oxygen atoms in total. The van der Waals surface area contributed by atoms with Gasteiger partial charge in [-0.2, -0.15) is 13.2 Å². The minimum atomic E-state index is -4.43. The number of hydrogen-bond acceptors (Lipinski definition) is 3. The van der Waals surface area contributed by atoms with Gasteiger partial charge in [0.1, 0.15) is 5.75 Å². The number of hydrogen-bond donors (Lipinski definition) is 0. The van der Waals surface area contributed by atoms with Crippen LogP contribution in [-0.2, 0) is 11.0 Å². The molecule has 0 aliphatic carbocycles. The zero-order chi connectivity index (χ0) is 21.7. The summed E-state index contributed by atoms with van der Waals surface area (Å²) >= 11 is 0. The van der Waals surface area contributed by atoms with E-state index in [4.69, 9.17) is 4.74 Å². The predicted octanol–water partition coefficient (Wildman–Crippen LogP) is 3.71. The number of piperazine rings is 1. The molecule has 2 aromatic rings. The summed E-state index contributed by atoms with van der Waals surface area (Å²) in [5.41, 5.74) is 0.0466. The monoisotopic (exact) mass is 418 g/mol. The van der Waals surface area contributed by atoms with E-state index in [0.717, 1.165) is 12.1 Å². The van der Waals surface area contributed by atoms with Crippen LogP contribution in [0.2, 0.25) is 0 Å². The van der Waals surface area contributed by atoms with Crippen molar-refractivity contribution in [2.75, 3.05) is 33.3 Å². The van der Waals surface area contributed by atoms with Crippen molar-refractivity contribution >= 4 is 17.9 Å². The lowest BCUT2D eigenvalue weighted by molar-refractivity contribution is -0.137. The summed E-state index contributed by atoms with van der Waals surface area (Å²) in [6.07, 6.45) is -1.81. The maximum Gasteiger partial charge on any atom is 0.416 e. The van der Waals surface area contributed by atoms with Crippen molar-refractivity contribution < 1.29 is 27.5 Å². The van der Waals surface area contributed by atoms with E-state index < -0.39 is 11.7 Å². The van der Waals surface area contributed by atoms with E-state index in [9.17, 15) is 22.8 Å². The molecule has 0 atom stereocenters. The lowest BCUT2D eigenvalue weighted by Gasteiger charge is -2.34. The van der Waals surface area contributed by atoms with E-state index in [0.29, 0.717) is 43.1 Å². The van der Waals surface area contributed by atoms with Crippen LogP contribution in [0.15, 0.2) is 54.6 Å². The molecule has 1 aliphatic rings. The molecule has 2 aromatic carbocycles. The van der Waals surface area contributed by atoms with Gasteiger partial charge < -0.3 is 14.5 Å². The van der Waals surface area contributed by atoms with Gasteiger partial charge in [0, 0.05) is 37.8 Å². The number of rotatable bonds is 4. The van der Waals surface area contributed by atoms with E-state index in [1.165, 1.54) is 31.4 Å². The van der Waals surface area contributed by atoms with E-state index in [1.54, 1.807) is 34.1 Å². The highest BCUT2D eigenvalue weighted by Crippen LogP contribution is 2.29. The van der Waals surface area contributed by atoms with Crippen LogP contribution in [0.1, 0.15) is 21.5 Å². The van der Waals surface area contributed by atoms with E-state index >= 15 is 0 Å². The number of carbonyl (C=O) groups excluding carboxylic acids is 2. The fraction of sp³-hybridized carbons (Fsp3) is 0.273. The molecule has 0 N–H and O–H groups in total. The van der Waals surface area contributed by atoms with Crippen LogP contribution >= 0.6 is 0 Å². The van der Waals surface area contributed by atoms with Crippen molar-refractivity contribution in [1.82, 2.24) is 9.80 Å². The molecule has 0 bridgehead atoms. The Kier molecular flexibility index (Phi) is 6.44. The third-order valence-corrected chi connectivity index (χ3v) is 4.83. The largest absolute Gasteiger partial charge is 0.497 e. The maximum absolute atomic E-state index is 12.8. The fourth-order valence-corrected chi connectivity index (χ4v) is 3.16. The fourth-order valence-electron chi connectivity index (χ4n) is 3.16. The standard InChI is InChI=1S/C22H21F3N2O3/c1-30-19-7-3-5-17(15-19)21(29)27-12-10-26(11-13-27)20(28)9-8-16-4-2-6-18(14-16)22(23,24)25/h2-9,14-15H,10-13H2,1H3/b9-8+. The molecule has 8 heteroatoms. The van der Waals surface area contributed by atoms with Gasteiger partial charge in [0.15, 0.2) is 0 Å². The molecule has 0 aromatic heterocycles. The molecule has 1 aliphatic heterocycles. The van der Waals surface area contributed by atoms with E-state index in [1.807, 2.05) is 0 Å². The van der Waals surface area contributed by atoms with E-state index in [-0.39, 0.29) is 11.8 Å². The summed E-state index contributed by atoms with van der Waals surface area (Å²) in [5, 5.41) is 0. The Morgan fingerprint density at radius 2 is 1.63 bits per heavy atom. The van der Waals surface area contributed by atoms with Crippen molar-refractivity contribution in [3.05, 3.63) is 71.3 Å². The van der Waals surface area contributed by atoms with Crippen molar-refractivity contribution in [3.63, 3.8) is 0 Å². The summed E-state index contributed by atoms with van der Waals surface area (Å²) in [6, 6.07) is 11.7. The van der Waals surface area contributed by atoms with Crippen LogP contribution in [0.4, 0.5) is 13.2 Å². The number of carbonyl (C=O) groups is 2. The third kappa shape index (κ3) is 5.20. The molecule has 158 valence electrons. The highest BCUT2D eigenvalue weighted by Gasteiger charge is 2.30. The topological polar surface area (TPSA) is 49.9 Å². The van der Waals surface area contributed by atoms with Crippen LogP contribution in [-0.4, -0.2) is 54.9 Å². The molecule has 1 fully saturated rings. The predicted molar refractivity (Wildman–Crippen MR) is 106 cm³/mol. The lowest BCUT2D eigenvalue weighted by atomic mass is 10.1. The number of amides is 2. The van der Waals surface area contributed by atoms with Crippen LogP contribution in [0.25, 0.3) is 6.08 Å². The van der Waals surface area contributed by atoms with Crippen molar-refractivity contribution in [2.24, 2.45) is 0 Å². The minimum absolute atomic E-state index is 0.138. The van der Waals surface area contributed by atoms with Gasteiger partial charge in [0.05, 0.1) is 12.7 Å². The lowest BCUT2D eigenvalue weighted by Crippen LogP contribution is -2.50. The smallest absolute Gasteiger partial charge is 0.416 e. The molecule has 0 radical (unpaired) electrons. The number of methoxy groups -OCH3 is 1. The SMILES string of the molecule is COc1cccc(C(=O)N2CCN(C(=O)/C=C/c3cccc(C(F)(F)F)c3)CC2)c1. The molecule has 2 amide bonds. The zero-order valence-electron chi connectivity index (χ0n) is 16.4. The minimum Gasteiger partial charge on any atom is -0.497 e. The molecule has 1 heterocycles. The van der Waals surface area contributed by atoms with Crippen molar-refractivity contribution in [3.8, 4) is 5.75 Å². The van der Waals surface area contributed by atoms with Crippen molar-refractivity contribution in [1.29, 1.82) is 0 Å². The summed E-state index contributed by atoms with van der Waals surface area (Å²) in [7, 11) is 1.53. The average molecular weight is 418 g/mol. The van der Waals surface area contributed by atoms with Crippen LogP contribution in [0.5, 0.6) is 5.75 Å². The normalized spacial score (nSPS) is 14.8. The number of halogens is 3. The summed E-state index contributed by atoms with van der Waals surface area (Å²) in [6.45, 7) is 1.45. The number of alkyl halides is 3. The first kappa shape index (κ1) is 21.4. The second-order valence-corrected chi connectivity index (χ2v) is 6.81. The van der Waals surface area contributed by atoms with E-state index in [2.05, 4.69) is 0 Å². The van der Waals surface area contributed by atoms with Gasteiger partial charge in [-0.1, -0.05) is 18.2 Å². The Morgan fingerprint density at radius 3 is 2.30 bits per heavy atom. The van der Waals surface area contributed by atoms with Gasteiger partial charge in [-0.15, -0.1) is 0 Å². The Bertz CT molecular complexity index is 949. The number of benzene rings is 2. The van der Waals surface area contributed by atoms with Gasteiger partial charge in [-0.05, 0) is 42.0 Å². The first-order chi connectivity index (χ1) is 14.3. The average Bonchev–Trinajstić information content (AvgIpc) is 2.76. The van der Waals surface area contributed by atoms with Gasteiger partial charge in [-0.3, -0.25) is 9.59 Å². The second-order valence-electron chi connectivity index (χ2n) is 6.81. The molecular formula is C22H21F3N2O3. The first-order valence-corrected chi connectivity index (χ1v) is 9.35. The van der Waals surface area contributed by atoms with Crippen LogP contribution < -0.4 is 4.74 Å². The van der Waals surface area contributed by atoms with Crippen LogP contribution in [0.3, 0.4) is 0 Å². The van der Waals surface area contributed by atoms with Crippen molar-refractivity contribution in [2.45, 2.75) is 6.18 Å². The second kappa shape index (κ2) is 9.02. The molecule has 0 spiro atoms. The Hall–Kier alpha value is -3.29. The number of nitrogens with zero attached hydrogens (tertiary/aromatic N) is 2. The molecule has 0 saturated carbocycles. The highest BCUT2D eigenvalue weighted by atomic mass is 19.4. The number of ether oxygens (including phenoxy) is 1. The van der Waals surface area contributed by atoms with Gasteiger partial charge in [0.2, 0.25) is 5.91 Å². The Morgan fingerprint density at radius 1 is 0.967 bits per heavy atom. The van der Waals surface area contributed by atoms with Gasteiger partial charge in [0.25, 0.3) is 5.91 Å². The highest BCUT2D eigenvalue weighted by molar-refractivity contribution is 5.95. The molecule has 3 rings (SSSR count). The maximum atomic E-state index is 12.8. The first-order valence-electron chi connectivity index (χ1n) is 9.35. The summed E-state index contributed by atoms with van der Waals surface area (Å²) in [5.74, 6) is 0.149. The molecule has 0 unspecified atom stereocenters. The third-order valence-electron chi connectivity index (χ3n) is 4.83. The van der Waals surface area contributed by atoms with Gasteiger partial charge >= 0.3 is 6.18 Å². The molecular weight excluding hydrogens is 397 g/mol. The Balaban J connectivity index is 1.57. The molecule has 1 saturated heterocycles. The summed E-state index contributed by atoms with van der Waals surface area (Å²) < 4.78 is 43.5. The summed E-state index contributed by atoms with van der Waals surface area (Å²) in [4.78, 5) is 28.2. The zero-order valence-corrected chi connectivity index (χ0v) is 16.4. The van der Waals surface area contributed by atoms with Crippen LogP contribution in [0, 0.1) is 0 Å². The Labute approximate surface area is 172 Å². The van der Waals surface area contributed by atoms with Gasteiger partial charge in [-0.25, -0.2) is 0 Å².